The Kier molecular flexibility index (Phi) is 12.3. The first-order chi connectivity index (χ1) is 15.2. The van der Waals surface area contributed by atoms with Gasteiger partial charge >= 0.3 is 0 Å². The predicted molar refractivity (Wildman–Crippen MR) is 130 cm³/mol. The van der Waals surface area contributed by atoms with Crippen LogP contribution in [0.1, 0.15) is 114 Å². The molecule has 2 rings (SSSR count). The van der Waals surface area contributed by atoms with E-state index in [0.717, 1.165) is 25.1 Å². The van der Waals surface area contributed by atoms with Gasteiger partial charge in [0, 0.05) is 23.7 Å². The van der Waals surface area contributed by atoms with Crippen molar-refractivity contribution >= 4 is 17.5 Å². The van der Waals surface area contributed by atoms with Gasteiger partial charge in [-0.25, -0.2) is 0 Å². The number of benzene rings is 1. The molecule has 0 saturated heterocycles. The minimum atomic E-state index is -0.0346. The summed E-state index contributed by atoms with van der Waals surface area (Å²) in [7, 11) is 0. The molecule has 0 heterocycles. The molecule has 174 valence electrons. The molecule has 0 bridgehead atoms. The van der Waals surface area contributed by atoms with Gasteiger partial charge in [0.1, 0.15) is 0 Å². The lowest BCUT2D eigenvalue weighted by Crippen LogP contribution is -2.24. The normalized spacial score (nSPS) is 17.4. The highest BCUT2D eigenvalue weighted by atomic mass is 16.2. The first-order valence-electron chi connectivity index (χ1n) is 12.8. The maximum Gasteiger partial charge on any atom is 0.251 e. The van der Waals surface area contributed by atoms with Crippen LogP contribution in [0.15, 0.2) is 24.3 Å². The molecule has 0 aliphatic heterocycles. The van der Waals surface area contributed by atoms with E-state index in [1.54, 1.807) is 12.1 Å². The molecule has 1 aromatic carbocycles. The summed E-state index contributed by atoms with van der Waals surface area (Å²) in [6.07, 6.45) is 17.4. The molecule has 0 unspecified atom stereocenters. The van der Waals surface area contributed by atoms with Crippen molar-refractivity contribution in [1.29, 1.82) is 0 Å². The van der Waals surface area contributed by atoms with E-state index in [4.69, 9.17) is 0 Å². The molecule has 1 fully saturated rings. The maximum atomic E-state index is 12.5. The molecular weight excluding hydrogens is 384 g/mol. The van der Waals surface area contributed by atoms with E-state index in [9.17, 15) is 9.59 Å². The molecule has 1 aromatic rings. The first-order valence-corrected chi connectivity index (χ1v) is 12.8. The number of hydrogen-bond donors (Lipinski definition) is 2. The molecule has 2 atom stereocenters. The van der Waals surface area contributed by atoms with Crippen LogP contribution in [0.3, 0.4) is 0 Å². The molecule has 4 nitrogen and oxygen atoms in total. The van der Waals surface area contributed by atoms with E-state index in [-0.39, 0.29) is 17.7 Å². The highest BCUT2D eigenvalue weighted by Gasteiger charge is 2.42. The summed E-state index contributed by atoms with van der Waals surface area (Å²) < 4.78 is 0. The summed E-state index contributed by atoms with van der Waals surface area (Å²) >= 11 is 0. The van der Waals surface area contributed by atoms with Gasteiger partial charge in [-0.3, -0.25) is 9.59 Å². The van der Waals surface area contributed by atoms with Gasteiger partial charge in [0.15, 0.2) is 0 Å². The molecule has 4 heteroatoms. The quantitative estimate of drug-likeness (QED) is 0.260. The molecule has 2 N–H and O–H groups in total. The Morgan fingerprint density at radius 1 is 0.806 bits per heavy atom. The minimum absolute atomic E-state index is 0.0346. The standard InChI is InChI=1S/C27H44N2O2/c1-3-5-7-9-11-13-15-23-21-25(23)27(31)29-24-18-16-22(17-19-24)26(30)28-20-14-12-10-8-6-4-2/h16-19,23,25H,3-15,20-21H2,1-2H3,(H,28,30)(H,29,31)/t23-,25-/m1/s1. The largest absolute Gasteiger partial charge is 0.352 e. The fourth-order valence-electron chi connectivity index (χ4n) is 4.22. The maximum absolute atomic E-state index is 12.5. The van der Waals surface area contributed by atoms with E-state index >= 15 is 0 Å². The molecule has 31 heavy (non-hydrogen) atoms. The van der Waals surface area contributed by atoms with Crippen LogP contribution in [0.5, 0.6) is 0 Å². The van der Waals surface area contributed by atoms with E-state index in [1.165, 1.54) is 77.0 Å². The van der Waals surface area contributed by atoms with Crippen molar-refractivity contribution in [2.45, 2.75) is 104 Å². The minimum Gasteiger partial charge on any atom is -0.352 e. The Labute approximate surface area is 190 Å². The molecule has 0 aromatic heterocycles. The average Bonchev–Trinajstić information content (AvgIpc) is 3.56. The van der Waals surface area contributed by atoms with Crippen LogP contribution in [0, 0.1) is 11.8 Å². The number of nitrogens with one attached hydrogen (secondary N) is 2. The number of rotatable bonds is 17. The summed E-state index contributed by atoms with van der Waals surface area (Å²) in [5.41, 5.74) is 1.43. The number of carbonyl (C=O) groups is 2. The van der Waals surface area contributed by atoms with Crippen LogP contribution in [0.2, 0.25) is 0 Å². The zero-order chi connectivity index (χ0) is 22.3. The molecule has 0 spiro atoms. The van der Waals surface area contributed by atoms with Crippen molar-refractivity contribution in [2.24, 2.45) is 11.8 Å². The van der Waals surface area contributed by atoms with Crippen LogP contribution in [-0.4, -0.2) is 18.4 Å². The van der Waals surface area contributed by atoms with Gasteiger partial charge in [-0.05, 0) is 49.4 Å². The Morgan fingerprint density at radius 3 is 2.03 bits per heavy atom. The smallest absolute Gasteiger partial charge is 0.251 e. The lowest BCUT2D eigenvalue weighted by Gasteiger charge is -2.08. The summed E-state index contributed by atoms with van der Waals surface area (Å²) in [5, 5.41) is 6.02. The van der Waals surface area contributed by atoms with Crippen LogP contribution < -0.4 is 10.6 Å². The zero-order valence-corrected chi connectivity index (χ0v) is 19.9. The highest BCUT2D eigenvalue weighted by Crippen LogP contribution is 2.43. The van der Waals surface area contributed by atoms with E-state index in [0.29, 0.717) is 11.5 Å². The van der Waals surface area contributed by atoms with Crippen LogP contribution in [-0.2, 0) is 4.79 Å². The molecule has 1 saturated carbocycles. The van der Waals surface area contributed by atoms with Crippen molar-refractivity contribution in [3.05, 3.63) is 29.8 Å². The van der Waals surface area contributed by atoms with Crippen molar-refractivity contribution in [1.82, 2.24) is 5.32 Å². The third-order valence-electron chi connectivity index (χ3n) is 6.42. The summed E-state index contributed by atoms with van der Waals surface area (Å²) in [5.74, 6) is 0.845. The van der Waals surface area contributed by atoms with Crippen LogP contribution in [0.4, 0.5) is 5.69 Å². The van der Waals surface area contributed by atoms with Crippen LogP contribution in [0.25, 0.3) is 0 Å². The zero-order valence-electron chi connectivity index (χ0n) is 19.9. The lowest BCUT2D eigenvalue weighted by atomic mass is 10.1. The summed E-state index contributed by atoms with van der Waals surface area (Å²) in [6, 6.07) is 7.27. The number of carbonyl (C=O) groups excluding carboxylic acids is 2. The number of unbranched alkanes of at least 4 members (excludes halogenated alkanes) is 10. The van der Waals surface area contributed by atoms with Crippen molar-refractivity contribution in [3.8, 4) is 0 Å². The Bertz CT molecular complexity index is 641. The number of hydrogen-bond acceptors (Lipinski definition) is 2. The van der Waals surface area contributed by atoms with Gasteiger partial charge in [-0.2, -0.15) is 0 Å². The number of anilines is 1. The third-order valence-corrected chi connectivity index (χ3v) is 6.42. The second kappa shape index (κ2) is 15.0. The second-order valence-corrected chi connectivity index (χ2v) is 9.25. The van der Waals surface area contributed by atoms with Gasteiger partial charge in [-0.15, -0.1) is 0 Å². The van der Waals surface area contributed by atoms with E-state index < -0.39 is 0 Å². The summed E-state index contributed by atoms with van der Waals surface area (Å²) in [4.78, 5) is 24.7. The fourth-order valence-corrected chi connectivity index (χ4v) is 4.22. The van der Waals surface area contributed by atoms with Crippen molar-refractivity contribution in [2.75, 3.05) is 11.9 Å². The third kappa shape index (κ3) is 10.3. The SMILES string of the molecule is CCCCCCCCNC(=O)c1ccc(NC(=O)[C@@H]2C[C@H]2CCCCCCCC)cc1. The molecule has 0 radical (unpaired) electrons. The van der Waals surface area contributed by atoms with Gasteiger partial charge < -0.3 is 10.6 Å². The molecule has 2 amide bonds. The summed E-state index contributed by atoms with van der Waals surface area (Å²) in [6.45, 7) is 5.19. The van der Waals surface area contributed by atoms with E-state index in [1.807, 2.05) is 12.1 Å². The number of amides is 2. The van der Waals surface area contributed by atoms with E-state index in [2.05, 4.69) is 24.5 Å². The second-order valence-electron chi connectivity index (χ2n) is 9.25. The van der Waals surface area contributed by atoms with Crippen molar-refractivity contribution in [3.63, 3.8) is 0 Å². The van der Waals surface area contributed by atoms with Crippen LogP contribution >= 0.6 is 0 Å². The Hall–Kier alpha value is -1.84. The molecular formula is C27H44N2O2. The van der Waals surface area contributed by atoms with Crippen molar-refractivity contribution < 1.29 is 9.59 Å². The first kappa shape index (κ1) is 25.4. The monoisotopic (exact) mass is 428 g/mol. The van der Waals surface area contributed by atoms with Gasteiger partial charge in [-0.1, -0.05) is 84.5 Å². The topological polar surface area (TPSA) is 58.2 Å². The lowest BCUT2D eigenvalue weighted by molar-refractivity contribution is -0.117. The molecule has 1 aliphatic carbocycles. The Balaban J connectivity index is 1.59. The molecule has 1 aliphatic rings. The van der Waals surface area contributed by atoms with Gasteiger partial charge in [0.2, 0.25) is 5.91 Å². The Morgan fingerprint density at radius 2 is 1.39 bits per heavy atom. The average molecular weight is 429 g/mol. The van der Waals surface area contributed by atoms with Gasteiger partial charge in [0.25, 0.3) is 5.91 Å². The fraction of sp³-hybridized carbons (Fsp3) is 0.704. The predicted octanol–water partition coefficient (Wildman–Crippen LogP) is 7.10. The van der Waals surface area contributed by atoms with Gasteiger partial charge in [0.05, 0.1) is 0 Å². The highest BCUT2D eigenvalue weighted by molar-refractivity contribution is 5.97.